The Hall–Kier alpha value is -3.47. The van der Waals surface area contributed by atoms with Crippen molar-refractivity contribution in [2.45, 2.75) is 12.3 Å². The fraction of sp³-hybridized carbons (Fsp3) is 0.364. The molecule has 0 saturated carbocycles. The summed E-state index contributed by atoms with van der Waals surface area (Å²) in [5, 5.41) is 0. The van der Waals surface area contributed by atoms with Crippen molar-refractivity contribution in [2.24, 2.45) is 0 Å². The van der Waals surface area contributed by atoms with E-state index in [0.29, 0.717) is 43.4 Å². The predicted octanol–water partition coefficient (Wildman–Crippen LogP) is 1.81. The van der Waals surface area contributed by atoms with Crippen molar-refractivity contribution >= 4 is 17.5 Å². The van der Waals surface area contributed by atoms with Crippen LogP contribution in [0.5, 0.6) is 11.5 Å². The summed E-state index contributed by atoms with van der Waals surface area (Å²) in [7, 11) is 0. The molecule has 0 radical (unpaired) electrons. The van der Waals surface area contributed by atoms with Gasteiger partial charge >= 0.3 is 6.18 Å². The van der Waals surface area contributed by atoms with Crippen LogP contribution >= 0.6 is 0 Å². The first-order valence-corrected chi connectivity index (χ1v) is 10.4. The molecule has 2 aliphatic rings. The van der Waals surface area contributed by atoms with Crippen molar-refractivity contribution in [3.05, 3.63) is 54.1 Å². The number of hydrogen-bond acceptors (Lipinski definition) is 6. The largest absolute Gasteiger partial charge is 0.485 e. The summed E-state index contributed by atoms with van der Waals surface area (Å²) in [6.07, 6.45) is -5.28. The Kier molecular flexibility index (Phi) is 6.59. The van der Waals surface area contributed by atoms with Crippen molar-refractivity contribution in [3.8, 4) is 11.5 Å². The van der Waals surface area contributed by atoms with Crippen LogP contribution in [0.1, 0.15) is 5.56 Å². The molecular weight excluding hydrogens is 441 g/mol. The van der Waals surface area contributed by atoms with Crippen LogP contribution in [0, 0.1) is 0 Å². The first-order valence-electron chi connectivity index (χ1n) is 10.4. The van der Waals surface area contributed by atoms with Gasteiger partial charge < -0.3 is 14.4 Å². The predicted molar refractivity (Wildman–Crippen MR) is 113 cm³/mol. The minimum Gasteiger partial charge on any atom is -0.485 e. The number of carbonyl (C=O) groups is 2. The van der Waals surface area contributed by atoms with Crippen molar-refractivity contribution in [2.75, 3.05) is 44.2 Å². The van der Waals surface area contributed by atoms with Gasteiger partial charge in [0.2, 0.25) is 6.10 Å². The lowest BCUT2D eigenvalue weighted by Gasteiger charge is -2.36. The van der Waals surface area contributed by atoms with Gasteiger partial charge in [-0.3, -0.25) is 25.3 Å². The van der Waals surface area contributed by atoms with Gasteiger partial charge in [-0.15, -0.1) is 0 Å². The number of benzene rings is 2. The van der Waals surface area contributed by atoms with E-state index in [-0.39, 0.29) is 13.2 Å². The molecule has 1 fully saturated rings. The van der Waals surface area contributed by atoms with Gasteiger partial charge in [-0.05, 0) is 30.3 Å². The van der Waals surface area contributed by atoms with Gasteiger partial charge in [0.1, 0.15) is 6.61 Å². The average molecular weight is 464 g/mol. The Morgan fingerprint density at radius 2 is 1.70 bits per heavy atom. The highest BCUT2D eigenvalue weighted by Gasteiger charge is 2.31. The van der Waals surface area contributed by atoms with Crippen LogP contribution < -0.4 is 25.2 Å². The highest BCUT2D eigenvalue weighted by Crippen LogP contribution is 2.32. The van der Waals surface area contributed by atoms with Crippen molar-refractivity contribution < 1.29 is 32.2 Å². The van der Waals surface area contributed by atoms with Gasteiger partial charge in [0, 0.05) is 31.9 Å². The molecule has 2 heterocycles. The summed E-state index contributed by atoms with van der Waals surface area (Å²) in [6, 6.07) is 12.2. The van der Waals surface area contributed by atoms with E-state index in [1.807, 2.05) is 9.80 Å². The molecule has 0 aliphatic carbocycles. The topological polar surface area (TPSA) is 83.1 Å². The fourth-order valence-corrected chi connectivity index (χ4v) is 3.65. The second kappa shape index (κ2) is 9.57. The number of hydrogen-bond donors (Lipinski definition) is 2. The third-order valence-corrected chi connectivity index (χ3v) is 5.40. The normalized spacial score (nSPS) is 18.5. The second-order valence-corrected chi connectivity index (χ2v) is 7.71. The Morgan fingerprint density at radius 1 is 0.970 bits per heavy atom. The molecule has 0 aromatic heterocycles. The molecule has 8 nitrogen and oxygen atoms in total. The molecule has 0 bridgehead atoms. The number of nitrogens with one attached hydrogen (secondary N) is 2. The molecule has 33 heavy (non-hydrogen) atoms. The summed E-state index contributed by atoms with van der Waals surface area (Å²) in [4.78, 5) is 28.2. The molecule has 2 amide bonds. The van der Waals surface area contributed by atoms with E-state index in [1.165, 1.54) is 6.07 Å². The molecule has 4 rings (SSSR count). The number of fused-ring (bicyclic) bond motifs is 1. The lowest BCUT2D eigenvalue weighted by molar-refractivity contribution is -0.137. The number of rotatable bonds is 4. The number of hydrazine groups is 1. The molecule has 2 aliphatic heterocycles. The number of anilines is 1. The fourth-order valence-electron chi connectivity index (χ4n) is 3.65. The first kappa shape index (κ1) is 22.7. The lowest BCUT2D eigenvalue weighted by atomic mass is 10.1. The number of halogens is 3. The van der Waals surface area contributed by atoms with Gasteiger partial charge in [0.05, 0.1) is 12.1 Å². The standard InChI is InChI=1S/C22H23F3N4O4/c23-22(24,25)15-4-3-5-16(12-15)29-10-8-28(9-11-29)13-20(30)26-27-21(31)19-14-32-17-6-1-2-7-18(17)33-19/h1-7,12,19H,8-11,13-14H2,(H,26,30)(H,27,31)/t19-/m0/s1. The monoisotopic (exact) mass is 464 g/mol. The van der Waals surface area contributed by atoms with Crippen LogP contribution in [0.2, 0.25) is 0 Å². The molecule has 0 spiro atoms. The van der Waals surface area contributed by atoms with E-state index < -0.39 is 29.7 Å². The van der Waals surface area contributed by atoms with E-state index >= 15 is 0 Å². The third kappa shape index (κ3) is 5.67. The van der Waals surface area contributed by atoms with Crippen LogP contribution in [0.4, 0.5) is 18.9 Å². The van der Waals surface area contributed by atoms with Crippen molar-refractivity contribution in [1.29, 1.82) is 0 Å². The molecule has 2 aromatic carbocycles. The van der Waals surface area contributed by atoms with E-state index in [9.17, 15) is 22.8 Å². The van der Waals surface area contributed by atoms with Gasteiger partial charge in [0.25, 0.3) is 11.8 Å². The summed E-state index contributed by atoms with van der Waals surface area (Å²) in [5.74, 6) is 0.0592. The van der Waals surface area contributed by atoms with E-state index in [4.69, 9.17) is 9.47 Å². The van der Waals surface area contributed by atoms with Crippen molar-refractivity contribution in [3.63, 3.8) is 0 Å². The summed E-state index contributed by atoms with van der Waals surface area (Å²) in [6.45, 7) is 2.01. The number of piperazine rings is 1. The number of nitrogens with zero attached hydrogens (tertiary/aromatic N) is 2. The maximum absolute atomic E-state index is 12.9. The molecule has 176 valence electrons. The van der Waals surface area contributed by atoms with E-state index in [2.05, 4.69) is 10.9 Å². The summed E-state index contributed by atoms with van der Waals surface area (Å²) >= 11 is 0. The van der Waals surface area contributed by atoms with E-state index in [1.54, 1.807) is 30.3 Å². The minimum atomic E-state index is -4.39. The second-order valence-electron chi connectivity index (χ2n) is 7.71. The first-order chi connectivity index (χ1) is 15.8. The average Bonchev–Trinajstić information content (AvgIpc) is 2.82. The van der Waals surface area contributed by atoms with Crippen LogP contribution in [0.3, 0.4) is 0 Å². The number of ether oxygens (including phenoxy) is 2. The zero-order chi connectivity index (χ0) is 23.4. The number of carbonyl (C=O) groups excluding carboxylic acids is 2. The van der Waals surface area contributed by atoms with Crippen LogP contribution in [-0.4, -0.2) is 62.1 Å². The number of para-hydroxylation sites is 2. The van der Waals surface area contributed by atoms with Gasteiger partial charge in [0.15, 0.2) is 11.5 Å². The summed E-state index contributed by atoms with van der Waals surface area (Å²) < 4.78 is 49.9. The van der Waals surface area contributed by atoms with Gasteiger partial charge in [-0.2, -0.15) is 13.2 Å². The van der Waals surface area contributed by atoms with Gasteiger partial charge in [-0.25, -0.2) is 0 Å². The maximum Gasteiger partial charge on any atom is 0.416 e. The Labute approximate surface area is 188 Å². The van der Waals surface area contributed by atoms with Gasteiger partial charge in [-0.1, -0.05) is 18.2 Å². The number of amides is 2. The number of alkyl halides is 3. The minimum absolute atomic E-state index is 0.0240. The zero-order valence-corrected chi connectivity index (χ0v) is 17.6. The molecule has 0 unspecified atom stereocenters. The third-order valence-electron chi connectivity index (χ3n) is 5.40. The van der Waals surface area contributed by atoms with Crippen LogP contribution in [0.25, 0.3) is 0 Å². The smallest absolute Gasteiger partial charge is 0.416 e. The Bertz CT molecular complexity index is 1010. The van der Waals surface area contributed by atoms with E-state index in [0.717, 1.165) is 12.1 Å². The SMILES string of the molecule is O=C(CN1CCN(c2cccc(C(F)(F)F)c2)CC1)NNC(=O)[C@@H]1COc2ccccc2O1. The van der Waals surface area contributed by atoms with Crippen molar-refractivity contribution in [1.82, 2.24) is 15.8 Å². The maximum atomic E-state index is 12.9. The quantitative estimate of drug-likeness (QED) is 0.672. The van der Waals surface area contributed by atoms with Crippen LogP contribution in [-0.2, 0) is 15.8 Å². The lowest BCUT2D eigenvalue weighted by Crippen LogP contribution is -2.54. The van der Waals surface area contributed by atoms with Crippen LogP contribution in [0.15, 0.2) is 48.5 Å². The molecule has 11 heteroatoms. The highest BCUT2D eigenvalue weighted by atomic mass is 19.4. The Balaban J connectivity index is 1.20. The molecule has 1 saturated heterocycles. The zero-order valence-electron chi connectivity index (χ0n) is 17.6. The molecule has 2 aromatic rings. The Morgan fingerprint density at radius 3 is 2.42 bits per heavy atom. The molecule has 1 atom stereocenters. The molecular formula is C22H23F3N4O4. The summed E-state index contributed by atoms with van der Waals surface area (Å²) in [5.41, 5.74) is 4.52. The highest BCUT2D eigenvalue weighted by molar-refractivity contribution is 5.86. The molecule has 2 N–H and O–H groups in total.